The lowest BCUT2D eigenvalue weighted by molar-refractivity contribution is -0.114. The Morgan fingerprint density at radius 3 is 2.81 bits per heavy atom. The zero-order valence-corrected chi connectivity index (χ0v) is 9.64. The van der Waals surface area contributed by atoms with Crippen molar-refractivity contribution < 1.29 is 9.18 Å². The quantitative estimate of drug-likeness (QED) is 0.755. The maximum atomic E-state index is 13.4. The molecule has 0 aliphatic rings. The molecule has 0 spiro atoms. The van der Waals surface area contributed by atoms with E-state index in [2.05, 4.69) is 17.6 Å². The van der Waals surface area contributed by atoms with Crippen LogP contribution in [0.3, 0.4) is 0 Å². The SMILES string of the molecule is CCCCNc1cc(NC(C)=O)ccc1F. The summed E-state index contributed by atoms with van der Waals surface area (Å²) in [5.74, 6) is -0.462. The highest BCUT2D eigenvalue weighted by molar-refractivity contribution is 5.89. The Balaban J connectivity index is 2.70. The standard InChI is InChI=1S/C12H17FN2O/c1-3-4-7-14-12-8-10(15-9(2)16)5-6-11(12)13/h5-6,8,14H,3-4,7H2,1-2H3,(H,15,16). The first-order chi connectivity index (χ1) is 7.63. The van der Waals surface area contributed by atoms with E-state index in [1.165, 1.54) is 13.0 Å². The molecule has 0 aliphatic heterocycles. The number of unbranched alkanes of at least 4 members (excludes halogenated alkanes) is 1. The zero-order valence-electron chi connectivity index (χ0n) is 9.64. The first kappa shape index (κ1) is 12.5. The number of hydrogen-bond donors (Lipinski definition) is 2. The van der Waals surface area contributed by atoms with Crippen LogP contribution in [0.15, 0.2) is 18.2 Å². The molecule has 88 valence electrons. The van der Waals surface area contributed by atoms with E-state index in [9.17, 15) is 9.18 Å². The molecule has 0 atom stereocenters. The van der Waals surface area contributed by atoms with Gasteiger partial charge in [-0.3, -0.25) is 4.79 Å². The number of nitrogens with one attached hydrogen (secondary N) is 2. The Morgan fingerprint density at radius 1 is 1.44 bits per heavy atom. The molecule has 1 amide bonds. The van der Waals surface area contributed by atoms with E-state index in [0.717, 1.165) is 19.4 Å². The fourth-order valence-electron chi connectivity index (χ4n) is 1.34. The average Bonchev–Trinajstić information content (AvgIpc) is 2.22. The van der Waals surface area contributed by atoms with Crippen molar-refractivity contribution in [1.82, 2.24) is 0 Å². The first-order valence-electron chi connectivity index (χ1n) is 5.44. The first-order valence-corrected chi connectivity index (χ1v) is 5.44. The molecule has 1 rings (SSSR count). The van der Waals surface area contributed by atoms with E-state index in [1.807, 2.05) is 0 Å². The molecule has 0 saturated heterocycles. The minimum Gasteiger partial charge on any atom is -0.383 e. The fourth-order valence-corrected chi connectivity index (χ4v) is 1.34. The third kappa shape index (κ3) is 3.88. The molecule has 0 bridgehead atoms. The maximum absolute atomic E-state index is 13.4. The smallest absolute Gasteiger partial charge is 0.221 e. The van der Waals surface area contributed by atoms with Crippen LogP contribution in [0, 0.1) is 5.82 Å². The van der Waals surface area contributed by atoms with Crippen molar-refractivity contribution in [2.75, 3.05) is 17.2 Å². The summed E-state index contributed by atoms with van der Waals surface area (Å²) in [7, 11) is 0. The van der Waals surface area contributed by atoms with Gasteiger partial charge in [0.15, 0.2) is 0 Å². The van der Waals surface area contributed by atoms with Crippen LogP contribution in [0.25, 0.3) is 0 Å². The highest BCUT2D eigenvalue weighted by atomic mass is 19.1. The molecule has 4 heteroatoms. The van der Waals surface area contributed by atoms with Gasteiger partial charge in [-0.2, -0.15) is 0 Å². The second kappa shape index (κ2) is 6.10. The summed E-state index contributed by atoms with van der Waals surface area (Å²) in [6.07, 6.45) is 2.05. The number of carbonyl (C=O) groups is 1. The lowest BCUT2D eigenvalue weighted by Gasteiger charge is -2.09. The molecule has 1 aromatic carbocycles. The normalized spacial score (nSPS) is 9.94. The van der Waals surface area contributed by atoms with E-state index in [-0.39, 0.29) is 11.7 Å². The van der Waals surface area contributed by atoms with Gasteiger partial charge in [0.2, 0.25) is 5.91 Å². The van der Waals surface area contributed by atoms with Gasteiger partial charge in [-0.1, -0.05) is 13.3 Å². The van der Waals surface area contributed by atoms with Crippen LogP contribution in [0.1, 0.15) is 26.7 Å². The molecule has 0 aromatic heterocycles. The molecule has 3 nitrogen and oxygen atoms in total. The average molecular weight is 224 g/mol. The number of hydrogen-bond acceptors (Lipinski definition) is 2. The van der Waals surface area contributed by atoms with Crippen LogP contribution in [-0.2, 0) is 4.79 Å². The number of amides is 1. The van der Waals surface area contributed by atoms with Crippen molar-refractivity contribution >= 4 is 17.3 Å². The second-order valence-electron chi connectivity index (χ2n) is 3.66. The molecular weight excluding hydrogens is 207 g/mol. The molecule has 0 fully saturated rings. The zero-order chi connectivity index (χ0) is 12.0. The van der Waals surface area contributed by atoms with Crippen molar-refractivity contribution in [3.63, 3.8) is 0 Å². The molecule has 0 saturated carbocycles. The number of anilines is 2. The third-order valence-electron chi connectivity index (χ3n) is 2.13. The van der Waals surface area contributed by atoms with Crippen LogP contribution in [-0.4, -0.2) is 12.5 Å². The van der Waals surface area contributed by atoms with Gasteiger partial charge in [-0.25, -0.2) is 4.39 Å². The fraction of sp³-hybridized carbons (Fsp3) is 0.417. The molecule has 0 aliphatic carbocycles. The molecule has 16 heavy (non-hydrogen) atoms. The molecule has 0 radical (unpaired) electrons. The van der Waals surface area contributed by atoms with Gasteiger partial charge in [0.1, 0.15) is 5.82 Å². The molecule has 2 N–H and O–H groups in total. The van der Waals surface area contributed by atoms with Crippen molar-refractivity contribution in [1.29, 1.82) is 0 Å². The minimum atomic E-state index is -0.301. The number of halogens is 1. The van der Waals surface area contributed by atoms with E-state index in [1.54, 1.807) is 12.1 Å². The van der Waals surface area contributed by atoms with Crippen LogP contribution in [0.5, 0.6) is 0 Å². The highest BCUT2D eigenvalue weighted by Gasteiger charge is 2.03. The Kier molecular flexibility index (Phi) is 4.76. The Labute approximate surface area is 95.0 Å². The van der Waals surface area contributed by atoms with Crippen LogP contribution < -0.4 is 10.6 Å². The van der Waals surface area contributed by atoms with E-state index in [0.29, 0.717) is 11.4 Å². The van der Waals surface area contributed by atoms with Gasteiger partial charge in [-0.05, 0) is 24.6 Å². The van der Waals surface area contributed by atoms with Gasteiger partial charge in [0.05, 0.1) is 5.69 Å². The summed E-state index contributed by atoms with van der Waals surface area (Å²) in [4.78, 5) is 10.8. The largest absolute Gasteiger partial charge is 0.383 e. The summed E-state index contributed by atoms with van der Waals surface area (Å²) in [5, 5.41) is 5.62. The van der Waals surface area contributed by atoms with Gasteiger partial charge >= 0.3 is 0 Å². The monoisotopic (exact) mass is 224 g/mol. The van der Waals surface area contributed by atoms with Gasteiger partial charge < -0.3 is 10.6 Å². The predicted molar refractivity (Wildman–Crippen MR) is 64.1 cm³/mol. The summed E-state index contributed by atoms with van der Waals surface area (Å²) in [6, 6.07) is 4.49. The minimum absolute atomic E-state index is 0.161. The molecule has 0 unspecified atom stereocenters. The molecule has 1 aromatic rings. The van der Waals surface area contributed by atoms with Crippen molar-refractivity contribution in [3.05, 3.63) is 24.0 Å². The van der Waals surface area contributed by atoms with Gasteiger partial charge in [-0.15, -0.1) is 0 Å². The summed E-state index contributed by atoms with van der Waals surface area (Å²) >= 11 is 0. The lowest BCUT2D eigenvalue weighted by Crippen LogP contribution is -2.08. The molecular formula is C12H17FN2O. The Bertz CT molecular complexity index is 366. The van der Waals surface area contributed by atoms with E-state index < -0.39 is 0 Å². The number of carbonyl (C=O) groups excluding carboxylic acids is 1. The van der Waals surface area contributed by atoms with Crippen molar-refractivity contribution in [2.24, 2.45) is 0 Å². The second-order valence-corrected chi connectivity index (χ2v) is 3.66. The van der Waals surface area contributed by atoms with E-state index >= 15 is 0 Å². The van der Waals surface area contributed by atoms with Gasteiger partial charge in [0.25, 0.3) is 0 Å². The predicted octanol–water partition coefficient (Wildman–Crippen LogP) is 3.00. The van der Waals surface area contributed by atoms with Crippen molar-refractivity contribution in [2.45, 2.75) is 26.7 Å². The summed E-state index contributed by atoms with van der Waals surface area (Å²) in [6.45, 7) is 4.23. The van der Waals surface area contributed by atoms with E-state index in [4.69, 9.17) is 0 Å². The Morgan fingerprint density at radius 2 is 2.19 bits per heavy atom. The van der Waals surface area contributed by atoms with Crippen LogP contribution >= 0.6 is 0 Å². The van der Waals surface area contributed by atoms with Crippen molar-refractivity contribution in [3.8, 4) is 0 Å². The summed E-state index contributed by atoms with van der Waals surface area (Å²) in [5.41, 5.74) is 1.03. The van der Waals surface area contributed by atoms with Gasteiger partial charge in [0, 0.05) is 19.2 Å². The topological polar surface area (TPSA) is 41.1 Å². The Hall–Kier alpha value is -1.58. The van der Waals surface area contributed by atoms with Crippen LogP contribution in [0.4, 0.5) is 15.8 Å². The lowest BCUT2D eigenvalue weighted by atomic mass is 10.2. The number of benzene rings is 1. The highest BCUT2D eigenvalue weighted by Crippen LogP contribution is 2.19. The molecule has 0 heterocycles. The number of rotatable bonds is 5. The van der Waals surface area contributed by atoms with Crippen LogP contribution in [0.2, 0.25) is 0 Å². The maximum Gasteiger partial charge on any atom is 0.221 e. The third-order valence-corrected chi connectivity index (χ3v) is 2.13. The summed E-state index contributed by atoms with van der Waals surface area (Å²) < 4.78 is 13.4.